The van der Waals surface area contributed by atoms with Crippen LogP contribution in [0, 0.1) is 0 Å². The Morgan fingerprint density at radius 1 is 0.325 bits per heavy atom. The normalized spacial score (nSPS) is 11.6. The molecule has 7 aromatic carbocycles. The SMILES string of the molecule is O=P(c1ccccc1)(c1ccc(-c2cccc3ccccc23)cc1)c1ccc(-c2cccc3ccccc23)cc1. The number of benzene rings is 7. The van der Waals surface area contributed by atoms with Crippen molar-refractivity contribution in [3.8, 4) is 22.3 Å². The fraction of sp³-hybridized carbons (Fsp3) is 0. The quantitative estimate of drug-likeness (QED) is 0.203. The van der Waals surface area contributed by atoms with Crippen molar-refractivity contribution in [3.05, 3.63) is 164 Å². The smallest absolute Gasteiger partial charge is 0.171 e. The summed E-state index contributed by atoms with van der Waals surface area (Å²) in [5.74, 6) is 0. The monoisotopic (exact) mass is 530 g/mol. The molecule has 7 rings (SSSR count). The van der Waals surface area contributed by atoms with Crippen molar-refractivity contribution in [3.63, 3.8) is 0 Å². The van der Waals surface area contributed by atoms with Crippen molar-refractivity contribution in [2.45, 2.75) is 0 Å². The van der Waals surface area contributed by atoms with Crippen LogP contribution in [0.3, 0.4) is 0 Å². The van der Waals surface area contributed by atoms with Gasteiger partial charge in [-0.05, 0) is 43.8 Å². The Morgan fingerprint density at radius 3 is 1.18 bits per heavy atom. The van der Waals surface area contributed by atoms with E-state index in [1.165, 1.54) is 32.7 Å². The van der Waals surface area contributed by atoms with E-state index in [0.717, 1.165) is 27.0 Å². The third kappa shape index (κ3) is 4.16. The Kier molecular flexibility index (Phi) is 6.16. The van der Waals surface area contributed by atoms with Crippen molar-refractivity contribution < 1.29 is 4.57 Å². The second kappa shape index (κ2) is 10.1. The molecule has 0 fully saturated rings. The van der Waals surface area contributed by atoms with Crippen molar-refractivity contribution in [2.24, 2.45) is 0 Å². The summed E-state index contributed by atoms with van der Waals surface area (Å²) in [6.45, 7) is 0. The zero-order valence-corrected chi connectivity index (χ0v) is 22.8. The zero-order chi connectivity index (χ0) is 26.9. The minimum Gasteiger partial charge on any atom is -0.309 e. The predicted octanol–water partition coefficient (Wildman–Crippen LogP) is 8.97. The van der Waals surface area contributed by atoms with Crippen molar-refractivity contribution in [1.82, 2.24) is 0 Å². The van der Waals surface area contributed by atoms with Crippen LogP contribution in [0.15, 0.2) is 164 Å². The minimum atomic E-state index is -3.10. The molecule has 0 heterocycles. The molecule has 0 saturated heterocycles. The lowest BCUT2D eigenvalue weighted by Crippen LogP contribution is -2.24. The van der Waals surface area contributed by atoms with E-state index in [0.29, 0.717) is 0 Å². The summed E-state index contributed by atoms with van der Waals surface area (Å²) in [7, 11) is -3.10. The van der Waals surface area contributed by atoms with E-state index in [1.807, 2.05) is 54.6 Å². The first-order chi connectivity index (χ1) is 19.7. The molecular formula is C38H27OP. The van der Waals surface area contributed by atoms with Gasteiger partial charge >= 0.3 is 0 Å². The van der Waals surface area contributed by atoms with Crippen molar-refractivity contribution in [2.75, 3.05) is 0 Å². The molecule has 0 aromatic heterocycles. The molecular weight excluding hydrogens is 503 g/mol. The highest BCUT2D eigenvalue weighted by atomic mass is 31.2. The van der Waals surface area contributed by atoms with Gasteiger partial charge in [-0.25, -0.2) is 0 Å². The van der Waals surface area contributed by atoms with Gasteiger partial charge in [0, 0.05) is 15.9 Å². The molecule has 7 aromatic rings. The Morgan fingerprint density at radius 2 is 0.700 bits per heavy atom. The average molecular weight is 531 g/mol. The molecule has 0 N–H and O–H groups in total. The Bertz CT molecular complexity index is 1870. The van der Waals surface area contributed by atoms with Crippen LogP contribution in [0.25, 0.3) is 43.8 Å². The molecule has 0 saturated carbocycles. The first kappa shape index (κ1) is 24.3. The van der Waals surface area contributed by atoms with Gasteiger partial charge in [-0.3, -0.25) is 0 Å². The van der Waals surface area contributed by atoms with Crippen LogP contribution in [0.5, 0.6) is 0 Å². The maximum absolute atomic E-state index is 15.1. The van der Waals surface area contributed by atoms with Gasteiger partial charge in [0.2, 0.25) is 0 Å². The zero-order valence-electron chi connectivity index (χ0n) is 21.9. The van der Waals surface area contributed by atoms with E-state index in [-0.39, 0.29) is 0 Å². The number of hydrogen-bond donors (Lipinski definition) is 0. The first-order valence-corrected chi connectivity index (χ1v) is 15.3. The average Bonchev–Trinajstić information content (AvgIpc) is 3.04. The van der Waals surface area contributed by atoms with Gasteiger partial charge in [-0.2, -0.15) is 0 Å². The molecule has 1 nitrogen and oxygen atoms in total. The van der Waals surface area contributed by atoms with Gasteiger partial charge in [-0.1, -0.05) is 164 Å². The van der Waals surface area contributed by atoms with Crippen molar-refractivity contribution in [1.29, 1.82) is 0 Å². The molecule has 0 bridgehead atoms. The van der Waals surface area contributed by atoms with Crippen molar-refractivity contribution >= 4 is 44.6 Å². The lowest BCUT2D eigenvalue weighted by Gasteiger charge is -2.21. The molecule has 190 valence electrons. The van der Waals surface area contributed by atoms with Crippen LogP contribution in [0.2, 0.25) is 0 Å². The van der Waals surface area contributed by atoms with Gasteiger partial charge in [0.25, 0.3) is 0 Å². The number of hydrogen-bond acceptors (Lipinski definition) is 1. The Labute approximate surface area is 234 Å². The molecule has 0 amide bonds. The van der Waals surface area contributed by atoms with Crippen LogP contribution >= 0.6 is 7.14 Å². The van der Waals surface area contributed by atoms with E-state index in [2.05, 4.69) is 109 Å². The van der Waals surface area contributed by atoms with E-state index < -0.39 is 7.14 Å². The fourth-order valence-electron chi connectivity index (χ4n) is 5.74. The molecule has 0 aliphatic heterocycles. The topological polar surface area (TPSA) is 17.1 Å². The summed E-state index contributed by atoms with van der Waals surface area (Å²) in [6, 6.07) is 56.1. The summed E-state index contributed by atoms with van der Waals surface area (Å²) in [5.41, 5.74) is 4.59. The van der Waals surface area contributed by atoms with Gasteiger partial charge < -0.3 is 4.57 Å². The number of rotatable bonds is 5. The molecule has 0 spiro atoms. The van der Waals surface area contributed by atoms with E-state index in [1.54, 1.807) is 0 Å². The first-order valence-electron chi connectivity index (χ1n) is 13.5. The lowest BCUT2D eigenvalue weighted by molar-refractivity contribution is 0.592. The second-order valence-electron chi connectivity index (χ2n) is 10.1. The summed E-state index contributed by atoms with van der Waals surface area (Å²) in [5, 5.41) is 7.36. The third-order valence-electron chi connectivity index (χ3n) is 7.78. The van der Waals surface area contributed by atoms with Crippen LogP contribution in [-0.4, -0.2) is 0 Å². The largest absolute Gasteiger partial charge is 0.309 e. The van der Waals surface area contributed by atoms with Crippen LogP contribution in [0.4, 0.5) is 0 Å². The van der Waals surface area contributed by atoms with Gasteiger partial charge in [0.05, 0.1) is 0 Å². The third-order valence-corrected chi connectivity index (χ3v) is 10.9. The maximum Gasteiger partial charge on any atom is 0.171 e. The van der Waals surface area contributed by atoms with E-state index in [9.17, 15) is 0 Å². The van der Waals surface area contributed by atoms with E-state index >= 15 is 4.57 Å². The van der Waals surface area contributed by atoms with E-state index in [4.69, 9.17) is 0 Å². The number of fused-ring (bicyclic) bond motifs is 2. The second-order valence-corrected chi connectivity index (χ2v) is 12.9. The Hall–Kier alpha value is -4.71. The summed E-state index contributed by atoms with van der Waals surface area (Å²) in [4.78, 5) is 0. The predicted molar refractivity (Wildman–Crippen MR) is 172 cm³/mol. The summed E-state index contributed by atoms with van der Waals surface area (Å²) in [6.07, 6.45) is 0. The highest BCUT2D eigenvalue weighted by molar-refractivity contribution is 7.85. The van der Waals surface area contributed by atoms with Crippen LogP contribution in [0.1, 0.15) is 0 Å². The summed E-state index contributed by atoms with van der Waals surface area (Å²) < 4.78 is 15.1. The molecule has 2 heteroatoms. The highest BCUT2D eigenvalue weighted by Gasteiger charge is 2.29. The Balaban J connectivity index is 1.32. The maximum atomic E-state index is 15.1. The lowest BCUT2D eigenvalue weighted by atomic mass is 9.98. The van der Waals surface area contributed by atoms with Gasteiger partial charge in [-0.15, -0.1) is 0 Å². The summed E-state index contributed by atoms with van der Waals surface area (Å²) >= 11 is 0. The molecule has 0 aliphatic rings. The molecule has 0 unspecified atom stereocenters. The van der Waals surface area contributed by atoms with Gasteiger partial charge in [0.15, 0.2) is 7.14 Å². The molecule has 40 heavy (non-hydrogen) atoms. The highest BCUT2D eigenvalue weighted by Crippen LogP contribution is 2.43. The molecule has 0 aliphatic carbocycles. The standard InChI is InChI=1S/C38H27OP/c39-40(32-14-2-1-3-15-32,33-24-20-30(21-25-33)37-18-8-12-28-10-4-6-16-35(28)37)34-26-22-31(23-27-34)38-19-9-13-29-11-5-7-17-36(29)38/h1-27H. The fourth-order valence-corrected chi connectivity index (χ4v) is 8.37. The molecule has 0 radical (unpaired) electrons. The van der Waals surface area contributed by atoms with Crippen LogP contribution in [-0.2, 0) is 4.57 Å². The minimum absolute atomic E-state index is 0.834. The van der Waals surface area contributed by atoms with Crippen LogP contribution < -0.4 is 15.9 Å². The van der Waals surface area contributed by atoms with Gasteiger partial charge in [0.1, 0.15) is 0 Å². The molecule has 0 atom stereocenters.